The van der Waals surface area contributed by atoms with Gasteiger partial charge in [-0.05, 0) is 36.2 Å². The van der Waals surface area contributed by atoms with E-state index in [9.17, 15) is 8.42 Å². The standard InChI is InChI=1S/C17H17N3O2S.C4H10/c1-11-13(9-18-2)10-19-17-15(11)8-16(20-17)12-5-4-6-14(7-12)23(3,21)22;1-3-4-2/h4-10H,1-3H3,(H,19,20);3-4H2,1-2H3. The Labute approximate surface area is 161 Å². The van der Waals surface area contributed by atoms with Gasteiger partial charge in [-0.25, -0.2) is 13.4 Å². The monoisotopic (exact) mass is 385 g/mol. The summed E-state index contributed by atoms with van der Waals surface area (Å²) in [4.78, 5) is 12.0. The van der Waals surface area contributed by atoms with E-state index in [0.717, 1.165) is 33.4 Å². The Kier molecular flexibility index (Phi) is 6.91. The molecule has 0 spiro atoms. The highest BCUT2D eigenvalue weighted by atomic mass is 32.2. The van der Waals surface area contributed by atoms with Gasteiger partial charge in [-0.15, -0.1) is 0 Å². The molecule has 0 aliphatic carbocycles. The number of nitrogens with zero attached hydrogens (tertiary/aromatic N) is 2. The number of aromatic amines is 1. The lowest BCUT2D eigenvalue weighted by Crippen LogP contribution is -1.96. The third-order valence-corrected chi connectivity index (χ3v) is 5.42. The number of nitrogens with one attached hydrogen (secondary N) is 1. The first-order chi connectivity index (χ1) is 12.8. The predicted molar refractivity (Wildman–Crippen MR) is 113 cm³/mol. The average molecular weight is 386 g/mol. The molecule has 0 saturated carbocycles. The molecule has 0 unspecified atom stereocenters. The van der Waals surface area contributed by atoms with Crippen LogP contribution in [-0.4, -0.2) is 37.9 Å². The SMILES string of the molecule is CCCC.CN=Cc1cnc2[nH]c(-c3cccc(S(C)(=O)=O)c3)cc2c1C. The van der Waals surface area contributed by atoms with Crippen molar-refractivity contribution in [2.75, 3.05) is 13.3 Å². The molecule has 144 valence electrons. The minimum atomic E-state index is -3.23. The van der Waals surface area contributed by atoms with Crippen LogP contribution in [0.4, 0.5) is 0 Å². The normalized spacial score (nSPS) is 11.6. The van der Waals surface area contributed by atoms with Crippen LogP contribution in [0.5, 0.6) is 0 Å². The van der Waals surface area contributed by atoms with E-state index in [-0.39, 0.29) is 0 Å². The molecule has 2 heterocycles. The number of rotatable bonds is 4. The van der Waals surface area contributed by atoms with E-state index in [4.69, 9.17) is 0 Å². The zero-order valence-corrected chi connectivity index (χ0v) is 17.4. The minimum absolute atomic E-state index is 0.303. The highest BCUT2D eigenvalue weighted by Gasteiger charge is 2.12. The number of hydrogen-bond donors (Lipinski definition) is 1. The van der Waals surface area contributed by atoms with Crippen molar-refractivity contribution in [3.05, 3.63) is 47.7 Å². The molecular formula is C21H27N3O2S. The fraction of sp³-hybridized carbons (Fsp3) is 0.333. The fourth-order valence-corrected chi connectivity index (χ4v) is 3.20. The fourth-order valence-electron chi connectivity index (χ4n) is 2.54. The number of unbranched alkanes of at least 4 members (excludes halogenated alkanes) is 1. The Morgan fingerprint density at radius 1 is 1.19 bits per heavy atom. The smallest absolute Gasteiger partial charge is 0.175 e. The van der Waals surface area contributed by atoms with Gasteiger partial charge >= 0.3 is 0 Å². The molecule has 3 rings (SSSR count). The van der Waals surface area contributed by atoms with E-state index in [1.807, 2.05) is 19.1 Å². The zero-order chi connectivity index (χ0) is 20.0. The van der Waals surface area contributed by atoms with E-state index >= 15 is 0 Å². The average Bonchev–Trinajstić information content (AvgIpc) is 3.09. The Morgan fingerprint density at radius 2 is 1.89 bits per heavy atom. The van der Waals surface area contributed by atoms with E-state index in [1.165, 1.54) is 19.1 Å². The summed E-state index contributed by atoms with van der Waals surface area (Å²) in [7, 11) is -1.51. The minimum Gasteiger partial charge on any atom is -0.339 e. The summed E-state index contributed by atoms with van der Waals surface area (Å²) in [6.07, 6.45) is 7.40. The van der Waals surface area contributed by atoms with Gasteiger partial charge in [0.05, 0.1) is 4.90 Å². The number of benzene rings is 1. The highest BCUT2D eigenvalue weighted by molar-refractivity contribution is 7.90. The lowest BCUT2D eigenvalue weighted by molar-refractivity contribution is 0.602. The summed E-state index contributed by atoms with van der Waals surface area (Å²) >= 11 is 0. The van der Waals surface area contributed by atoms with E-state index in [0.29, 0.717) is 4.90 Å². The topological polar surface area (TPSA) is 75.2 Å². The van der Waals surface area contributed by atoms with Crippen molar-refractivity contribution in [2.24, 2.45) is 4.99 Å². The van der Waals surface area contributed by atoms with Crippen LogP contribution in [0.25, 0.3) is 22.3 Å². The molecule has 5 nitrogen and oxygen atoms in total. The molecule has 2 aromatic heterocycles. The number of aliphatic imine (C=N–C) groups is 1. The summed E-state index contributed by atoms with van der Waals surface area (Å²) < 4.78 is 23.4. The van der Waals surface area contributed by atoms with Gasteiger partial charge in [0.15, 0.2) is 9.84 Å². The van der Waals surface area contributed by atoms with Crippen molar-refractivity contribution in [1.29, 1.82) is 0 Å². The number of fused-ring (bicyclic) bond motifs is 1. The van der Waals surface area contributed by atoms with Crippen LogP contribution >= 0.6 is 0 Å². The van der Waals surface area contributed by atoms with Crippen molar-refractivity contribution in [3.8, 4) is 11.3 Å². The van der Waals surface area contributed by atoms with Gasteiger partial charge in [0, 0.05) is 42.4 Å². The summed E-state index contributed by atoms with van der Waals surface area (Å²) in [6.45, 7) is 6.38. The first-order valence-corrected chi connectivity index (χ1v) is 10.9. The van der Waals surface area contributed by atoms with Crippen LogP contribution in [0.15, 0.2) is 46.4 Å². The molecule has 0 aliphatic heterocycles. The van der Waals surface area contributed by atoms with Crippen molar-refractivity contribution >= 4 is 27.1 Å². The van der Waals surface area contributed by atoms with E-state index < -0.39 is 9.84 Å². The van der Waals surface area contributed by atoms with Gasteiger partial charge < -0.3 is 4.98 Å². The van der Waals surface area contributed by atoms with Crippen LogP contribution in [-0.2, 0) is 9.84 Å². The summed E-state index contributed by atoms with van der Waals surface area (Å²) in [6, 6.07) is 8.88. The molecule has 1 aromatic carbocycles. The van der Waals surface area contributed by atoms with Gasteiger partial charge in [0.2, 0.25) is 0 Å². The number of pyridine rings is 1. The Hall–Kier alpha value is -2.47. The Balaban J connectivity index is 0.000000596. The molecule has 6 heteroatoms. The van der Waals surface area contributed by atoms with Crippen LogP contribution in [0.2, 0.25) is 0 Å². The van der Waals surface area contributed by atoms with Crippen molar-refractivity contribution in [2.45, 2.75) is 38.5 Å². The highest BCUT2D eigenvalue weighted by Crippen LogP contribution is 2.27. The molecule has 27 heavy (non-hydrogen) atoms. The molecule has 1 N–H and O–H groups in total. The summed E-state index contributed by atoms with van der Waals surface area (Å²) in [5.74, 6) is 0. The van der Waals surface area contributed by atoms with Gasteiger partial charge in [-0.1, -0.05) is 38.8 Å². The number of hydrogen-bond acceptors (Lipinski definition) is 4. The second-order valence-corrected chi connectivity index (χ2v) is 8.49. The molecule has 0 bridgehead atoms. The maximum absolute atomic E-state index is 11.7. The molecule has 0 aliphatic rings. The van der Waals surface area contributed by atoms with Gasteiger partial charge in [0.1, 0.15) is 5.65 Å². The van der Waals surface area contributed by atoms with Crippen molar-refractivity contribution in [1.82, 2.24) is 9.97 Å². The van der Waals surface area contributed by atoms with Crippen LogP contribution in [0, 0.1) is 6.92 Å². The van der Waals surface area contributed by atoms with Crippen LogP contribution < -0.4 is 0 Å². The van der Waals surface area contributed by atoms with Crippen LogP contribution in [0.3, 0.4) is 0 Å². The molecule has 0 amide bonds. The lowest BCUT2D eigenvalue weighted by Gasteiger charge is -2.01. The molecule has 0 fully saturated rings. The third kappa shape index (κ3) is 5.04. The number of sulfone groups is 1. The summed E-state index contributed by atoms with van der Waals surface area (Å²) in [5.41, 5.74) is 4.48. The number of H-pyrrole nitrogens is 1. The van der Waals surface area contributed by atoms with E-state index in [1.54, 1.807) is 37.7 Å². The molecule has 0 saturated heterocycles. The van der Waals surface area contributed by atoms with Gasteiger partial charge in [-0.3, -0.25) is 4.99 Å². The number of aryl methyl sites for hydroxylation is 1. The van der Waals surface area contributed by atoms with Crippen LogP contribution in [0.1, 0.15) is 37.8 Å². The van der Waals surface area contributed by atoms with E-state index in [2.05, 4.69) is 28.8 Å². The Morgan fingerprint density at radius 3 is 2.48 bits per heavy atom. The quantitative estimate of drug-likeness (QED) is 0.656. The first kappa shape index (κ1) is 20.8. The largest absolute Gasteiger partial charge is 0.339 e. The van der Waals surface area contributed by atoms with Gasteiger partial charge in [0.25, 0.3) is 0 Å². The molecule has 0 radical (unpaired) electrons. The third-order valence-electron chi connectivity index (χ3n) is 4.31. The Bertz CT molecular complexity index is 1050. The summed E-state index contributed by atoms with van der Waals surface area (Å²) in [5, 5.41) is 1.00. The lowest BCUT2D eigenvalue weighted by atomic mass is 10.1. The maximum Gasteiger partial charge on any atom is 0.175 e. The zero-order valence-electron chi connectivity index (χ0n) is 16.6. The molecular weight excluding hydrogens is 358 g/mol. The van der Waals surface area contributed by atoms with Crippen molar-refractivity contribution < 1.29 is 8.42 Å². The predicted octanol–water partition coefficient (Wildman–Crippen LogP) is 4.80. The second kappa shape index (κ2) is 8.95. The molecule has 3 aromatic rings. The second-order valence-electron chi connectivity index (χ2n) is 6.47. The van der Waals surface area contributed by atoms with Gasteiger partial charge in [-0.2, -0.15) is 0 Å². The van der Waals surface area contributed by atoms with Crippen molar-refractivity contribution in [3.63, 3.8) is 0 Å². The maximum atomic E-state index is 11.7. The number of aromatic nitrogens is 2. The molecule has 0 atom stereocenters. The first-order valence-electron chi connectivity index (χ1n) is 9.02.